The molecule has 0 atom stereocenters. The van der Waals surface area contributed by atoms with Gasteiger partial charge in [0, 0.05) is 23.5 Å². The van der Waals surface area contributed by atoms with Crippen LogP contribution < -0.4 is 15.4 Å². The van der Waals surface area contributed by atoms with Gasteiger partial charge in [0.15, 0.2) is 0 Å². The normalized spacial score (nSPS) is 10.0. The smallest absolute Gasteiger partial charge is 0.271 e. The number of benzene rings is 2. The minimum absolute atomic E-state index is 0.0369. The van der Waals surface area contributed by atoms with E-state index in [1.165, 1.54) is 19.2 Å². The van der Waals surface area contributed by atoms with Gasteiger partial charge in [-0.1, -0.05) is 17.7 Å². The summed E-state index contributed by atoms with van der Waals surface area (Å²) in [5, 5.41) is 16.6. The molecule has 0 aliphatic rings. The summed E-state index contributed by atoms with van der Waals surface area (Å²) in [6.45, 7) is -0.0369. The van der Waals surface area contributed by atoms with Crippen LogP contribution in [-0.4, -0.2) is 24.5 Å². The van der Waals surface area contributed by atoms with E-state index in [1.54, 1.807) is 30.3 Å². The Hall–Kier alpha value is -2.80. The highest BCUT2D eigenvalue weighted by Gasteiger charge is 2.08. The molecule has 0 unspecified atom stereocenters. The second-order valence-corrected chi connectivity index (χ2v) is 4.97. The van der Waals surface area contributed by atoms with Crippen LogP contribution in [0, 0.1) is 10.1 Å². The fraction of sp³-hybridized carbons (Fsp3) is 0.133. The minimum Gasteiger partial charge on any atom is -0.495 e. The third-order valence-corrected chi connectivity index (χ3v) is 3.24. The second-order valence-electron chi connectivity index (χ2n) is 4.56. The van der Waals surface area contributed by atoms with Crippen molar-refractivity contribution in [2.45, 2.75) is 0 Å². The zero-order chi connectivity index (χ0) is 16.8. The molecule has 2 N–H and O–H groups in total. The number of non-ortho nitro benzene ring substituents is 1. The van der Waals surface area contributed by atoms with Crippen LogP contribution in [0.15, 0.2) is 42.5 Å². The summed E-state index contributed by atoms with van der Waals surface area (Å²) >= 11 is 5.98. The molecule has 0 aromatic heterocycles. The summed E-state index contributed by atoms with van der Waals surface area (Å²) in [5.41, 5.74) is 0.973. The van der Waals surface area contributed by atoms with Gasteiger partial charge in [0.05, 0.1) is 23.6 Å². The van der Waals surface area contributed by atoms with Gasteiger partial charge >= 0.3 is 0 Å². The fourth-order valence-electron chi connectivity index (χ4n) is 1.86. The van der Waals surface area contributed by atoms with Gasteiger partial charge in [-0.05, 0) is 24.3 Å². The van der Waals surface area contributed by atoms with Crippen LogP contribution in [0.5, 0.6) is 5.75 Å². The van der Waals surface area contributed by atoms with Crippen LogP contribution in [0.1, 0.15) is 0 Å². The molecule has 0 aliphatic heterocycles. The largest absolute Gasteiger partial charge is 0.495 e. The Morgan fingerprint density at radius 3 is 2.70 bits per heavy atom. The van der Waals surface area contributed by atoms with Crippen molar-refractivity contribution in [2.75, 3.05) is 24.3 Å². The van der Waals surface area contributed by atoms with E-state index in [4.69, 9.17) is 16.3 Å². The first-order valence-electron chi connectivity index (χ1n) is 6.61. The summed E-state index contributed by atoms with van der Waals surface area (Å²) in [4.78, 5) is 22.1. The molecule has 0 aliphatic carbocycles. The summed E-state index contributed by atoms with van der Waals surface area (Å²) < 4.78 is 5.03. The number of carbonyl (C=O) groups excluding carboxylic acids is 1. The van der Waals surface area contributed by atoms with Gasteiger partial charge in [0.25, 0.3) is 5.69 Å². The molecule has 0 radical (unpaired) electrons. The summed E-state index contributed by atoms with van der Waals surface area (Å²) in [6, 6.07) is 10.8. The third-order valence-electron chi connectivity index (χ3n) is 2.95. The number of hydrogen-bond donors (Lipinski definition) is 2. The maximum absolute atomic E-state index is 11.9. The number of halogens is 1. The molecular formula is C15H14ClN3O4. The molecule has 0 heterocycles. The molecule has 1 amide bonds. The molecule has 2 aromatic carbocycles. The number of ether oxygens (including phenoxy) is 1. The third kappa shape index (κ3) is 4.58. The number of nitro groups is 1. The van der Waals surface area contributed by atoms with Gasteiger partial charge in [-0.15, -0.1) is 0 Å². The van der Waals surface area contributed by atoms with E-state index in [-0.39, 0.29) is 18.1 Å². The number of nitrogens with one attached hydrogen (secondary N) is 2. The Labute approximate surface area is 137 Å². The monoisotopic (exact) mass is 335 g/mol. The van der Waals surface area contributed by atoms with Gasteiger partial charge < -0.3 is 15.4 Å². The van der Waals surface area contributed by atoms with Crippen LogP contribution in [-0.2, 0) is 4.79 Å². The van der Waals surface area contributed by atoms with Gasteiger partial charge in [0.2, 0.25) is 5.91 Å². The van der Waals surface area contributed by atoms with E-state index in [1.807, 2.05) is 0 Å². The Morgan fingerprint density at radius 2 is 2.04 bits per heavy atom. The van der Waals surface area contributed by atoms with Gasteiger partial charge in [-0.25, -0.2) is 0 Å². The first kappa shape index (κ1) is 16.6. The van der Waals surface area contributed by atoms with E-state index in [0.717, 1.165) is 0 Å². The van der Waals surface area contributed by atoms with E-state index in [2.05, 4.69) is 10.6 Å². The molecule has 120 valence electrons. The highest BCUT2D eigenvalue weighted by atomic mass is 35.5. The maximum atomic E-state index is 11.9. The maximum Gasteiger partial charge on any atom is 0.271 e. The van der Waals surface area contributed by atoms with E-state index in [9.17, 15) is 14.9 Å². The molecule has 0 bridgehead atoms. The molecular weight excluding hydrogens is 322 g/mol. The van der Waals surface area contributed by atoms with E-state index in [0.29, 0.717) is 22.1 Å². The molecule has 0 saturated carbocycles. The first-order chi connectivity index (χ1) is 11.0. The number of methoxy groups -OCH3 is 1. The molecule has 0 fully saturated rings. The number of rotatable bonds is 6. The van der Waals surface area contributed by atoms with Crippen LogP contribution in [0.3, 0.4) is 0 Å². The summed E-state index contributed by atoms with van der Waals surface area (Å²) in [5.74, 6) is 0.206. The molecule has 2 aromatic rings. The molecule has 8 heteroatoms. The highest BCUT2D eigenvalue weighted by Crippen LogP contribution is 2.27. The SMILES string of the molecule is COc1ccc(NC(=O)CNc2cccc([N+](=O)[O-])c2)cc1Cl. The second kappa shape index (κ2) is 7.46. The lowest BCUT2D eigenvalue weighted by Crippen LogP contribution is -2.21. The number of carbonyl (C=O) groups is 1. The van der Waals surface area contributed by atoms with Crippen LogP contribution in [0.4, 0.5) is 17.1 Å². The van der Waals surface area contributed by atoms with Gasteiger partial charge in [-0.2, -0.15) is 0 Å². The topological polar surface area (TPSA) is 93.5 Å². The number of nitro benzene ring substituents is 1. The van der Waals surface area contributed by atoms with Crippen molar-refractivity contribution >= 4 is 34.6 Å². The zero-order valence-corrected chi connectivity index (χ0v) is 13.0. The van der Waals surface area contributed by atoms with Crippen molar-refractivity contribution in [1.82, 2.24) is 0 Å². The Morgan fingerprint density at radius 1 is 1.26 bits per heavy atom. The Balaban J connectivity index is 1.94. The lowest BCUT2D eigenvalue weighted by molar-refractivity contribution is -0.384. The number of nitrogens with zero attached hydrogens (tertiary/aromatic N) is 1. The van der Waals surface area contributed by atoms with Crippen LogP contribution in [0.2, 0.25) is 5.02 Å². The molecule has 7 nitrogen and oxygen atoms in total. The highest BCUT2D eigenvalue weighted by molar-refractivity contribution is 6.32. The number of amides is 1. The standard InChI is InChI=1S/C15H14ClN3O4/c1-23-14-6-5-11(8-13(14)16)18-15(20)9-17-10-3-2-4-12(7-10)19(21)22/h2-8,17H,9H2,1H3,(H,18,20). The van der Waals surface area contributed by atoms with Crippen molar-refractivity contribution in [3.8, 4) is 5.75 Å². The summed E-state index contributed by atoms with van der Waals surface area (Å²) in [7, 11) is 1.50. The van der Waals surface area contributed by atoms with Crippen molar-refractivity contribution in [3.05, 3.63) is 57.6 Å². The Bertz CT molecular complexity index is 736. The van der Waals surface area contributed by atoms with Gasteiger partial charge in [-0.3, -0.25) is 14.9 Å². The van der Waals surface area contributed by atoms with E-state index >= 15 is 0 Å². The predicted octanol–water partition coefficient (Wildman–Crippen LogP) is 3.31. The number of anilines is 2. The fourth-order valence-corrected chi connectivity index (χ4v) is 2.12. The van der Waals surface area contributed by atoms with Gasteiger partial charge in [0.1, 0.15) is 5.75 Å². The minimum atomic E-state index is -0.495. The van der Waals surface area contributed by atoms with Crippen molar-refractivity contribution in [3.63, 3.8) is 0 Å². The molecule has 23 heavy (non-hydrogen) atoms. The Kier molecular flexibility index (Phi) is 5.37. The van der Waals surface area contributed by atoms with Crippen molar-refractivity contribution < 1.29 is 14.5 Å². The van der Waals surface area contributed by atoms with Crippen LogP contribution in [0.25, 0.3) is 0 Å². The lowest BCUT2D eigenvalue weighted by Gasteiger charge is -2.09. The quantitative estimate of drug-likeness (QED) is 0.624. The molecule has 0 saturated heterocycles. The average Bonchev–Trinajstić information content (AvgIpc) is 2.53. The van der Waals surface area contributed by atoms with E-state index < -0.39 is 4.92 Å². The summed E-state index contributed by atoms with van der Waals surface area (Å²) in [6.07, 6.45) is 0. The lowest BCUT2D eigenvalue weighted by atomic mass is 10.2. The average molecular weight is 336 g/mol. The predicted molar refractivity (Wildman–Crippen MR) is 88.2 cm³/mol. The number of hydrogen-bond acceptors (Lipinski definition) is 5. The molecule has 0 spiro atoms. The first-order valence-corrected chi connectivity index (χ1v) is 6.99. The molecule has 2 rings (SSSR count). The van der Waals surface area contributed by atoms with Crippen molar-refractivity contribution in [1.29, 1.82) is 0 Å². The van der Waals surface area contributed by atoms with Crippen LogP contribution >= 0.6 is 11.6 Å². The van der Waals surface area contributed by atoms with Crippen molar-refractivity contribution in [2.24, 2.45) is 0 Å². The zero-order valence-electron chi connectivity index (χ0n) is 12.2.